The van der Waals surface area contributed by atoms with Crippen LogP contribution in [0.1, 0.15) is 271 Å². The number of aliphatic hydroxyl groups excluding tert-OH is 1. The molecule has 8 nitrogen and oxygen atoms in total. The zero-order valence-corrected chi connectivity index (χ0v) is 51.1. The van der Waals surface area contributed by atoms with Gasteiger partial charge in [0.05, 0.1) is 39.9 Å². The number of hydrogen-bond donors (Lipinski definition) is 3. The molecule has 0 spiro atoms. The third kappa shape index (κ3) is 59.1. The number of carbonyl (C=O) groups excluding carboxylic acids is 1. The molecule has 0 saturated carbocycles. The number of quaternary nitrogens is 1. The Morgan fingerprint density at radius 3 is 1.21 bits per heavy atom. The van der Waals surface area contributed by atoms with E-state index in [4.69, 9.17) is 9.05 Å². The van der Waals surface area contributed by atoms with E-state index in [-0.39, 0.29) is 19.1 Å². The van der Waals surface area contributed by atoms with Gasteiger partial charge in [0.2, 0.25) is 5.91 Å². The first-order chi connectivity index (χ1) is 37.0. The predicted octanol–water partition coefficient (Wildman–Crippen LogP) is 19.8. The molecule has 3 unspecified atom stereocenters. The fraction of sp³-hybridized carbons (Fsp3) is 0.746. The molecule has 0 radical (unpaired) electrons. The van der Waals surface area contributed by atoms with Gasteiger partial charge in [-0.05, 0) is 89.9 Å². The van der Waals surface area contributed by atoms with Gasteiger partial charge in [-0.2, -0.15) is 0 Å². The van der Waals surface area contributed by atoms with Crippen molar-refractivity contribution in [3.8, 4) is 0 Å². The molecule has 0 fully saturated rings. The Morgan fingerprint density at radius 2 is 0.803 bits per heavy atom. The van der Waals surface area contributed by atoms with E-state index in [1.165, 1.54) is 173 Å². The van der Waals surface area contributed by atoms with Crippen LogP contribution in [0.15, 0.2) is 97.2 Å². The highest BCUT2D eigenvalue weighted by Crippen LogP contribution is 2.43. The van der Waals surface area contributed by atoms with Crippen molar-refractivity contribution in [1.82, 2.24) is 5.32 Å². The summed E-state index contributed by atoms with van der Waals surface area (Å²) in [4.78, 5) is 23.4. The first-order valence-electron chi connectivity index (χ1n) is 31.6. The zero-order chi connectivity index (χ0) is 55.6. The van der Waals surface area contributed by atoms with Crippen LogP contribution in [0.5, 0.6) is 0 Å². The molecule has 0 aliphatic carbocycles. The second-order valence-corrected chi connectivity index (χ2v) is 23.8. The Balaban J connectivity index is 4.24. The smallest absolute Gasteiger partial charge is 0.387 e. The molecule has 0 heterocycles. The molecule has 76 heavy (non-hydrogen) atoms. The van der Waals surface area contributed by atoms with E-state index in [9.17, 15) is 19.4 Å². The summed E-state index contributed by atoms with van der Waals surface area (Å²) in [5.41, 5.74) is 0. The fourth-order valence-corrected chi connectivity index (χ4v) is 9.60. The van der Waals surface area contributed by atoms with E-state index in [1.54, 1.807) is 6.08 Å². The largest absolute Gasteiger partial charge is 0.472 e. The van der Waals surface area contributed by atoms with E-state index in [2.05, 4.69) is 104 Å². The lowest BCUT2D eigenvalue weighted by atomic mass is 10.0. The average molecular weight is 1080 g/mol. The number of allylic oxidation sites excluding steroid dienone is 15. The van der Waals surface area contributed by atoms with Crippen LogP contribution in [0.2, 0.25) is 0 Å². The van der Waals surface area contributed by atoms with Crippen molar-refractivity contribution in [2.24, 2.45) is 0 Å². The van der Waals surface area contributed by atoms with Gasteiger partial charge >= 0.3 is 7.82 Å². The maximum absolute atomic E-state index is 13.0. The molecule has 0 bridgehead atoms. The number of nitrogens with zero attached hydrogens (tertiary/aromatic N) is 1. The summed E-state index contributed by atoms with van der Waals surface area (Å²) < 4.78 is 23.7. The maximum atomic E-state index is 13.0. The molecule has 0 aromatic rings. The van der Waals surface area contributed by atoms with Gasteiger partial charge in [0, 0.05) is 6.42 Å². The maximum Gasteiger partial charge on any atom is 0.472 e. The first kappa shape index (κ1) is 73.4. The predicted molar refractivity (Wildman–Crippen MR) is 332 cm³/mol. The van der Waals surface area contributed by atoms with Crippen molar-refractivity contribution in [3.63, 3.8) is 0 Å². The molecule has 0 aromatic heterocycles. The Kier molecular flexibility index (Phi) is 55.2. The van der Waals surface area contributed by atoms with Gasteiger partial charge in [0.15, 0.2) is 0 Å². The second-order valence-electron chi connectivity index (χ2n) is 22.4. The number of nitrogens with one attached hydrogen (secondary N) is 1. The third-order valence-electron chi connectivity index (χ3n) is 13.8. The normalized spacial score (nSPS) is 14.5. The second kappa shape index (κ2) is 57.1. The van der Waals surface area contributed by atoms with E-state index in [1.807, 2.05) is 27.2 Å². The summed E-state index contributed by atoms with van der Waals surface area (Å²) in [6.07, 6.45) is 82.4. The standard InChI is InChI=1S/C67H121N2O6P/c1-6-8-10-12-14-16-18-20-22-24-26-28-30-32-34-36-38-40-42-44-46-48-50-52-54-56-58-60-66(70)65(64-75-76(72,73)74-63-62-69(3,4)5)68-67(71)61-59-57-55-53-51-49-47-45-43-41-39-37-35-33-31-29-27-25-23-21-19-17-15-13-11-9-7-2/h9,11,15,17,21,23,27,29,33,35,42,44,50,52,58,60,65-66,70H,6-8,10,12-14,16,18-20,22,24-26,28,30-32,34,36-41,43,45-49,51,53-57,59,61-64H2,1-5H3,(H-,68,71,72,73)/p+1/b11-9-,17-15-,23-21-,29-27-,35-33-,44-42+,52-50+,60-58+. The van der Waals surface area contributed by atoms with Gasteiger partial charge in [0.25, 0.3) is 0 Å². The fourth-order valence-electron chi connectivity index (χ4n) is 8.87. The van der Waals surface area contributed by atoms with Crippen LogP contribution in [0.4, 0.5) is 0 Å². The zero-order valence-electron chi connectivity index (χ0n) is 50.2. The molecule has 0 aromatic carbocycles. The van der Waals surface area contributed by atoms with Crippen molar-refractivity contribution in [2.45, 2.75) is 283 Å². The molecule has 1 amide bonds. The summed E-state index contributed by atoms with van der Waals surface area (Å²) in [7, 11) is 1.54. The summed E-state index contributed by atoms with van der Waals surface area (Å²) in [5.74, 6) is -0.196. The minimum atomic E-state index is -4.37. The van der Waals surface area contributed by atoms with Crippen molar-refractivity contribution < 1.29 is 32.9 Å². The van der Waals surface area contributed by atoms with Crippen LogP contribution < -0.4 is 5.32 Å². The number of phosphoric ester groups is 1. The number of phosphoric acid groups is 1. The summed E-state index contributed by atoms with van der Waals surface area (Å²) in [6, 6.07) is -0.879. The van der Waals surface area contributed by atoms with Gasteiger partial charge in [0.1, 0.15) is 13.2 Å². The highest BCUT2D eigenvalue weighted by molar-refractivity contribution is 7.47. The minimum absolute atomic E-state index is 0.0488. The Morgan fingerprint density at radius 1 is 0.461 bits per heavy atom. The first-order valence-corrected chi connectivity index (χ1v) is 33.1. The van der Waals surface area contributed by atoms with Gasteiger partial charge < -0.3 is 19.8 Å². The van der Waals surface area contributed by atoms with E-state index >= 15 is 0 Å². The van der Waals surface area contributed by atoms with Crippen molar-refractivity contribution >= 4 is 13.7 Å². The monoisotopic (exact) mass is 1080 g/mol. The van der Waals surface area contributed by atoms with Crippen LogP contribution in [0.25, 0.3) is 0 Å². The molecule has 3 N–H and O–H groups in total. The molecule has 0 aliphatic heterocycles. The molecule has 3 atom stereocenters. The molecule has 0 rings (SSSR count). The van der Waals surface area contributed by atoms with Gasteiger partial charge in [-0.3, -0.25) is 13.8 Å². The van der Waals surface area contributed by atoms with Crippen molar-refractivity contribution in [1.29, 1.82) is 0 Å². The van der Waals surface area contributed by atoms with Crippen LogP contribution in [-0.2, 0) is 18.4 Å². The van der Waals surface area contributed by atoms with E-state index in [0.717, 1.165) is 77.0 Å². The topological polar surface area (TPSA) is 105 Å². The average Bonchev–Trinajstić information content (AvgIpc) is 3.38. The number of carbonyl (C=O) groups is 1. The van der Waals surface area contributed by atoms with Crippen LogP contribution >= 0.6 is 7.82 Å². The van der Waals surface area contributed by atoms with Crippen LogP contribution in [-0.4, -0.2) is 73.4 Å². The lowest BCUT2D eigenvalue weighted by molar-refractivity contribution is -0.870. The lowest BCUT2D eigenvalue weighted by Gasteiger charge is -2.25. The molecule has 0 aliphatic rings. The summed E-state index contributed by atoms with van der Waals surface area (Å²) in [5, 5.41) is 13.9. The number of hydrogen-bond acceptors (Lipinski definition) is 5. The molecule has 0 saturated heterocycles. The molecular weight excluding hydrogens is 960 g/mol. The quantitative estimate of drug-likeness (QED) is 0.0243. The number of amides is 1. The van der Waals surface area contributed by atoms with Crippen LogP contribution in [0.3, 0.4) is 0 Å². The van der Waals surface area contributed by atoms with E-state index < -0.39 is 20.0 Å². The summed E-state index contributed by atoms with van der Waals surface area (Å²) in [6.45, 7) is 4.69. The minimum Gasteiger partial charge on any atom is -0.387 e. The van der Waals surface area contributed by atoms with Crippen LogP contribution in [0, 0.1) is 0 Å². The van der Waals surface area contributed by atoms with Gasteiger partial charge in [-0.1, -0.05) is 272 Å². The number of unbranched alkanes of at least 4 members (excludes halogenated alkanes) is 30. The Hall–Kier alpha value is -2.58. The van der Waals surface area contributed by atoms with Gasteiger partial charge in [-0.25, -0.2) is 4.57 Å². The highest BCUT2D eigenvalue weighted by Gasteiger charge is 2.27. The highest BCUT2D eigenvalue weighted by atomic mass is 31.2. The summed E-state index contributed by atoms with van der Waals surface area (Å²) >= 11 is 0. The number of rotatable bonds is 57. The van der Waals surface area contributed by atoms with Crippen molar-refractivity contribution in [3.05, 3.63) is 97.2 Å². The molecular formula is C67H122N2O6P+. The van der Waals surface area contributed by atoms with Crippen molar-refractivity contribution in [2.75, 3.05) is 40.9 Å². The van der Waals surface area contributed by atoms with Gasteiger partial charge in [-0.15, -0.1) is 0 Å². The lowest BCUT2D eigenvalue weighted by Crippen LogP contribution is -2.45. The number of likely N-dealkylation sites (N-methyl/N-ethyl adjacent to an activating group) is 1. The molecule has 9 heteroatoms. The van der Waals surface area contributed by atoms with E-state index in [0.29, 0.717) is 17.4 Å². The molecule has 440 valence electrons. The third-order valence-corrected chi connectivity index (χ3v) is 14.7. The number of aliphatic hydroxyl groups is 1. The Labute approximate surface area is 470 Å². The Bertz CT molecular complexity index is 1560. The SMILES string of the molecule is CC/C=C\C/C=C\C/C=C\C/C=C\C/C=C\CCCCCCCCCCCCCC(=O)NC(COP(=O)(O)OCC[N+](C)(C)C)C(O)/C=C/CC/C=C/CC/C=C/CCCCCCCCCCCCCCCCCCC.